The van der Waals surface area contributed by atoms with Crippen LogP contribution in [0.3, 0.4) is 0 Å². The first-order valence-electron chi connectivity index (χ1n) is 6.15. The molecule has 1 aromatic rings. The van der Waals surface area contributed by atoms with E-state index in [0.717, 1.165) is 12.2 Å². The number of benzene rings is 1. The van der Waals surface area contributed by atoms with E-state index in [4.69, 9.17) is 13.0 Å². The highest BCUT2D eigenvalue weighted by atomic mass is 32.2. The van der Waals surface area contributed by atoms with Gasteiger partial charge in [-0.3, -0.25) is 0 Å². The van der Waals surface area contributed by atoms with Gasteiger partial charge in [0.15, 0.2) is 10.1 Å². The SMILES string of the molecule is CC(SCCc1ccccc1)=[N+](C)C.O=S(=O)([O-])C(F)(F)F. The molecule has 4 nitrogen and oxygen atoms in total. The Labute approximate surface area is 132 Å². The maximum absolute atomic E-state index is 10.7. The van der Waals surface area contributed by atoms with Gasteiger partial charge in [-0.25, -0.2) is 13.0 Å². The summed E-state index contributed by atoms with van der Waals surface area (Å²) in [7, 11) is -1.91. The molecule has 0 spiro atoms. The molecule has 0 atom stereocenters. The number of halogens is 3. The molecule has 0 radical (unpaired) electrons. The third-order valence-electron chi connectivity index (χ3n) is 2.46. The first kappa shape index (κ1) is 20.9. The zero-order valence-corrected chi connectivity index (χ0v) is 14.1. The molecule has 22 heavy (non-hydrogen) atoms. The van der Waals surface area contributed by atoms with Crippen molar-refractivity contribution in [3.63, 3.8) is 0 Å². The minimum absolute atomic E-state index is 1.15. The summed E-state index contributed by atoms with van der Waals surface area (Å²) in [5.74, 6) is 1.16. The summed E-state index contributed by atoms with van der Waals surface area (Å²) in [6, 6.07) is 10.6. The highest BCUT2D eigenvalue weighted by Gasteiger charge is 2.36. The van der Waals surface area contributed by atoms with E-state index in [0.29, 0.717) is 0 Å². The van der Waals surface area contributed by atoms with Gasteiger partial charge in [-0.1, -0.05) is 42.1 Å². The second-order valence-electron chi connectivity index (χ2n) is 4.40. The molecule has 0 fully saturated rings. The van der Waals surface area contributed by atoms with Crippen molar-refractivity contribution >= 4 is 26.9 Å². The summed E-state index contributed by atoms with van der Waals surface area (Å²) < 4.78 is 61.1. The van der Waals surface area contributed by atoms with Gasteiger partial charge in [0.2, 0.25) is 5.04 Å². The van der Waals surface area contributed by atoms with Crippen molar-refractivity contribution in [1.29, 1.82) is 0 Å². The monoisotopic (exact) mass is 357 g/mol. The van der Waals surface area contributed by atoms with E-state index in [9.17, 15) is 13.2 Å². The normalized spacial score (nSPS) is 11.4. The number of hydrogen-bond acceptors (Lipinski definition) is 4. The highest BCUT2D eigenvalue weighted by Crippen LogP contribution is 2.20. The van der Waals surface area contributed by atoms with Crippen LogP contribution in [0.4, 0.5) is 13.2 Å². The number of hydrogen-bond donors (Lipinski definition) is 0. The molecule has 0 aromatic heterocycles. The van der Waals surface area contributed by atoms with Crippen LogP contribution < -0.4 is 0 Å². The van der Waals surface area contributed by atoms with E-state index in [1.165, 1.54) is 10.6 Å². The van der Waals surface area contributed by atoms with Crippen LogP contribution in [0.2, 0.25) is 0 Å². The summed E-state index contributed by atoms with van der Waals surface area (Å²) in [4.78, 5) is 0. The number of aryl methyl sites for hydroxylation is 1. The van der Waals surface area contributed by atoms with Gasteiger partial charge >= 0.3 is 5.51 Å². The van der Waals surface area contributed by atoms with Crippen molar-refractivity contribution in [2.75, 3.05) is 19.8 Å². The molecule has 126 valence electrons. The quantitative estimate of drug-likeness (QED) is 0.274. The molecule has 1 rings (SSSR count). The van der Waals surface area contributed by atoms with Gasteiger partial charge in [0.1, 0.15) is 14.1 Å². The summed E-state index contributed by atoms with van der Waals surface area (Å²) in [6.45, 7) is 2.16. The lowest BCUT2D eigenvalue weighted by atomic mass is 10.2. The summed E-state index contributed by atoms with van der Waals surface area (Å²) in [5, 5.41) is 1.38. The molecular formula is C13H18F3NO3S2. The summed E-state index contributed by atoms with van der Waals surface area (Å²) in [6.07, 6.45) is 1.15. The maximum atomic E-state index is 10.7. The Morgan fingerprint density at radius 1 is 1.23 bits per heavy atom. The standard InChI is InChI=1S/C12H18NS.CHF3O3S/c1-11(13(2)3)14-10-9-12-7-5-4-6-8-12;2-1(3,4)8(5,6)7/h4-8H,9-10H2,1-3H3;(H,5,6,7)/q+1;/p-1. The molecule has 0 saturated carbocycles. The second kappa shape index (κ2) is 9.16. The molecule has 0 aliphatic heterocycles. The molecular weight excluding hydrogens is 339 g/mol. The highest BCUT2D eigenvalue weighted by molar-refractivity contribution is 8.13. The lowest BCUT2D eigenvalue weighted by molar-refractivity contribution is -0.461. The Bertz CT molecular complexity index is 580. The van der Waals surface area contributed by atoms with Crippen LogP contribution in [0.25, 0.3) is 0 Å². The van der Waals surface area contributed by atoms with E-state index in [1.807, 2.05) is 11.8 Å². The summed E-state index contributed by atoms with van der Waals surface area (Å²) in [5.41, 5.74) is -4.22. The lowest BCUT2D eigenvalue weighted by Gasteiger charge is -2.08. The summed E-state index contributed by atoms with van der Waals surface area (Å²) >= 11 is 1.92. The Kier molecular flexibility index (Phi) is 8.72. The van der Waals surface area contributed by atoms with Gasteiger partial charge < -0.3 is 4.55 Å². The number of rotatable bonds is 3. The average molecular weight is 357 g/mol. The Morgan fingerprint density at radius 3 is 2.05 bits per heavy atom. The maximum Gasteiger partial charge on any atom is 0.485 e. The van der Waals surface area contributed by atoms with E-state index in [2.05, 4.69) is 55.9 Å². The predicted octanol–water partition coefficient (Wildman–Crippen LogP) is 2.70. The molecule has 1 aromatic carbocycles. The van der Waals surface area contributed by atoms with Gasteiger partial charge in [-0.05, 0) is 12.0 Å². The molecule has 0 unspecified atom stereocenters. The van der Waals surface area contributed by atoms with E-state index >= 15 is 0 Å². The van der Waals surface area contributed by atoms with Crippen molar-refractivity contribution in [3.8, 4) is 0 Å². The first-order valence-corrected chi connectivity index (χ1v) is 8.54. The van der Waals surface area contributed by atoms with Crippen LogP contribution in [-0.2, 0) is 16.5 Å². The molecule has 0 N–H and O–H groups in total. The minimum Gasteiger partial charge on any atom is -0.741 e. The van der Waals surface area contributed by atoms with E-state index < -0.39 is 15.6 Å². The van der Waals surface area contributed by atoms with Crippen molar-refractivity contribution in [2.24, 2.45) is 0 Å². The lowest BCUT2D eigenvalue weighted by Crippen LogP contribution is -2.21. The average Bonchev–Trinajstić information content (AvgIpc) is 2.38. The third kappa shape index (κ3) is 9.06. The van der Waals surface area contributed by atoms with Crippen molar-refractivity contribution in [3.05, 3.63) is 35.9 Å². The van der Waals surface area contributed by atoms with Crippen LogP contribution >= 0.6 is 11.8 Å². The van der Waals surface area contributed by atoms with Gasteiger partial charge in [0.05, 0.1) is 0 Å². The molecule has 0 heterocycles. The molecule has 0 bridgehead atoms. The predicted molar refractivity (Wildman–Crippen MR) is 81.1 cm³/mol. The molecule has 0 amide bonds. The Balaban J connectivity index is 0.000000472. The Morgan fingerprint density at radius 2 is 1.68 bits per heavy atom. The molecule has 9 heteroatoms. The molecule has 0 aliphatic carbocycles. The van der Waals surface area contributed by atoms with Crippen molar-refractivity contribution in [1.82, 2.24) is 0 Å². The van der Waals surface area contributed by atoms with Crippen LogP contribution in [0.5, 0.6) is 0 Å². The van der Waals surface area contributed by atoms with E-state index in [-0.39, 0.29) is 0 Å². The van der Waals surface area contributed by atoms with Gasteiger partial charge in [-0.15, -0.1) is 0 Å². The number of nitrogens with zero attached hydrogens (tertiary/aromatic N) is 1. The zero-order valence-electron chi connectivity index (χ0n) is 12.4. The fraction of sp³-hybridized carbons (Fsp3) is 0.462. The molecule has 0 aliphatic rings. The number of thioether (sulfide) groups is 1. The third-order valence-corrected chi connectivity index (χ3v) is 4.22. The van der Waals surface area contributed by atoms with Crippen LogP contribution in [0.15, 0.2) is 30.3 Å². The zero-order chi connectivity index (χ0) is 17.4. The van der Waals surface area contributed by atoms with Gasteiger partial charge in [0, 0.05) is 12.7 Å². The van der Waals surface area contributed by atoms with E-state index in [1.54, 1.807) is 0 Å². The number of alkyl halides is 3. The fourth-order valence-corrected chi connectivity index (χ4v) is 1.98. The van der Waals surface area contributed by atoms with Crippen molar-refractivity contribution in [2.45, 2.75) is 18.9 Å². The van der Waals surface area contributed by atoms with Crippen LogP contribution in [-0.4, -0.2) is 47.9 Å². The van der Waals surface area contributed by atoms with Gasteiger partial charge in [0.25, 0.3) is 0 Å². The fourth-order valence-electron chi connectivity index (χ4n) is 1.09. The van der Waals surface area contributed by atoms with Gasteiger partial charge in [-0.2, -0.15) is 13.2 Å². The van der Waals surface area contributed by atoms with Crippen molar-refractivity contribution < 1.29 is 30.7 Å². The molecule has 0 saturated heterocycles. The smallest absolute Gasteiger partial charge is 0.485 e. The first-order chi connectivity index (χ1) is 9.95. The Hall–Kier alpha value is -1.06. The van der Waals surface area contributed by atoms with Crippen LogP contribution in [0.1, 0.15) is 12.5 Å². The topological polar surface area (TPSA) is 60.2 Å². The minimum atomic E-state index is -6.09. The largest absolute Gasteiger partial charge is 0.741 e. The second-order valence-corrected chi connectivity index (χ2v) is 7.06. The van der Waals surface area contributed by atoms with Crippen LogP contribution in [0, 0.1) is 0 Å².